The minimum atomic E-state index is 0.266. The van der Waals surface area contributed by atoms with Crippen LogP contribution in [0.3, 0.4) is 0 Å². The normalized spacial score (nSPS) is 17.7. The Balaban J connectivity index is 1.28. The van der Waals surface area contributed by atoms with E-state index in [0.717, 1.165) is 34.4 Å². The molecule has 5 nitrogen and oxygen atoms in total. The van der Waals surface area contributed by atoms with E-state index in [0.29, 0.717) is 16.2 Å². The molecule has 2 aliphatic rings. The fraction of sp³-hybridized carbons (Fsp3) is 0.375. The van der Waals surface area contributed by atoms with Crippen LogP contribution in [-0.4, -0.2) is 23.1 Å². The van der Waals surface area contributed by atoms with E-state index in [9.17, 15) is 0 Å². The average molecular weight is 451 g/mol. The van der Waals surface area contributed by atoms with Gasteiger partial charge in [0.2, 0.25) is 5.76 Å². The van der Waals surface area contributed by atoms with Crippen molar-refractivity contribution in [2.75, 3.05) is 18.0 Å². The number of anilines is 1. The van der Waals surface area contributed by atoms with Crippen LogP contribution in [0.15, 0.2) is 57.1 Å². The Morgan fingerprint density at radius 3 is 2.52 bits per heavy atom. The molecular formula is C24H23ClN4OS. The molecule has 1 saturated heterocycles. The molecule has 2 fully saturated rings. The first kappa shape index (κ1) is 20.4. The van der Waals surface area contributed by atoms with Crippen molar-refractivity contribution in [2.24, 2.45) is 5.41 Å². The van der Waals surface area contributed by atoms with Crippen molar-refractivity contribution >= 4 is 29.2 Å². The van der Waals surface area contributed by atoms with Crippen molar-refractivity contribution in [2.45, 2.75) is 48.4 Å². The summed E-state index contributed by atoms with van der Waals surface area (Å²) in [6.45, 7) is 2.14. The predicted octanol–water partition coefficient (Wildman–Crippen LogP) is 6.57. The number of halogens is 1. The van der Waals surface area contributed by atoms with Crippen molar-refractivity contribution in [1.82, 2.24) is 9.97 Å². The maximum atomic E-state index is 8.99. The van der Waals surface area contributed by atoms with Crippen LogP contribution in [0, 0.1) is 16.7 Å². The van der Waals surface area contributed by atoms with E-state index in [1.54, 1.807) is 12.1 Å². The lowest BCUT2D eigenvalue weighted by Gasteiger charge is -2.39. The summed E-state index contributed by atoms with van der Waals surface area (Å²) in [6, 6.07) is 11.2. The third kappa shape index (κ3) is 4.17. The van der Waals surface area contributed by atoms with Crippen molar-refractivity contribution < 1.29 is 4.42 Å². The molecule has 5 rings (SSSR count). The van der Waals surface area contributed by atoms with Crippen LogP contribution in [0.25, 0.3) is 11.3 Å². The highest BCUT2D eigenvalue weighted by Crippen LogP contribution is 2.46. The average Bonchev–Trinajstić information content (AvgIpc) is 3.46. The van der Waals surface area contributed by atoms with E-state index in [2.05, 4.69) is 14.9 Å². The molecule has 0 unspecified atom stereocenters. The quantitative estimate of drug-likeness (QED) is 0.447. The number of furan rings is 1. The van der Waals surface area contributed by atoms with Crippen LogP contribution in [0.4, 0.5) is 5.82 Å². The fourth-order valence-corrected chi connectivity index (χ4v) is 5.91. The number of benzene rings is 1. The molecule has 2 aromatic heterocycles. The zero-order chi connectivity index (χ0) is 21.3. The third-order valence-corrected chi connectivity index (χ3v) is 8.09. The summed E-state index contributed by atoms with van der Waals surface area (Å²) >= 11 is 8.11. The Morgan fingerprint density at radius 1 is 1.03 bits per heavy atom. The summed E-state index contributed by atoms with van der Waals surface area (Å²) in [5, 5.41) is 10.4. The van der Waals surface area contributed by atoms with Crippen LogP contribution in [0.2, 0.25) is 5.02 Å². The number of hydrogen-bond acceptors (Lipinski definition) is 6. The molecule has 7 heteroatoms. The lowest BCUT2D eigenvalue weighted by Crippen LogP contribution is -2.39. The summed E-state index contributed by atoms with van der Waals surface area (Å²) in [5.41, 5.74) is 1.36. The lowest BCUT2D eigenvalue weighted by atomic mass is 9.77. The molecule has 1 aromatic carbocycles. The molecule has 1 spiro atoms. The number of rotatable bonds is 4. The Hall–Kier alpha value is -2.49. The second-order valence-electron chi connectivity index (χ2n) is 8.40. The molecule has 0 bridgehead atoms. The Bertz CT molecular complexity index is 1110. The van der Waals surface area contributed by atoms with Crippen LogP contribution in [0.5, 0.6) is 0 Å². The number of hydrogen-bond donors (Lipinski definition) is 0. The van der Waals surface area contributed by atoms with Gasteiger partial charge in [-0.2, -0.15) is 5.26 Å². The first-order valence-corrected chi connectivity index (χ1v) is 11.9. The van der Waals surface area contributed by atoms with Gasteiger partial charge in [0.05, 0.1) is 17.4 Å². The standard InChI is InChI=1S/C24H23ClN4OS/c25-23-18(19-7-6-17(14-26)30-19)4-3-5-20(23)31-22-16-27-21(15-28-22)29-12-10-24(11-13-29)8-1-2-9-24/h3-7,15-16H,1-2,8-13H2. The number of aromatic nitrogens is 2. The molecule has 0 amide bonds. The summed E-state index contributed by atoms with van der Waals surface area (Å²) in [6.07, 6.45) is 11.8. The number of piperidine rings is 1. The largest absolute Gasteiger partial charge is 0.446 e. The van der Waals surface area contributed by atoms with Gasteiger partial charge in [0.25, 0.3) is 0 Å². The molecule has 0 atom stereocenters. The van der Waals surface area contributed by atoms with Gasteiger partial charge in [-0.3, -0.25) is 0 Å². The first-order valence-electron chi connectivity index (χ1n) is 10.7. The highest BCUT2D eigenvalue weighted by atomic mass is 35.5. The summed E-state index contributed by atoms with van der Waals surface area (Å²) in [5.74, 6) is 1.80. The maximum Gasteiger partial charge on any atom is 0.204 e. The smallest absolute Gasteiger partial charge is 0.204 e. The number of nitriles is 1. The molecule has 1 saturated carbocycles. The van der Waals surface area contributed by atoms with Gasteiger partial charge in [-0.05, 0) is 55.4 Å². The lowest BCUT2D eigenvalue weighted by molar-refractivity contribution is 0.226. The second-order valence-corrected chi connectivity index (χ2v) is 9.84. The highest BCUT2D eigenvalue weighted by molar-refractivity contribution is 7.99. The van der Waals surface area contributed by atoms with E-state index in [1.165, 1.54) is 50.3 Å². The summed E-state index contributed by atoms with van der Waals surface area (Å²) in [4.78, 5) is 12.6. The minimum Gasteiger partial charge on any atom is -0.446 e. The molecule has 3 aromatic rings. The summed E-state index contributed by atoms with van der Waals surface area (Å²) in [7, 11) is 0. The van der Waals surface area contributed by atoms with Crippen molar-refractivity contribution in [3.05, 3.63) is 53.5 Å². The van der Waals surface area contributed by atoms with Gasteiger partial charge in [0, 0.05) is 23.5 Å². The van der Waals surface area contributed by atoms with E-state index in [1.807, 2.05) is 36.7 Å². The van der Waals surface area contributed by atoms with Gasteiger partial charge in [0.15, 0.2) is 0 Å². The molecule has 1 aliphatic heterocycles. The van der Waals surface area contributed by atoms with Gasteiger partial charge < -0.3 is 9.32 Å². The Morgan fingerprint density at radius 2 is 1.84 bits per heavy atom. The van der Waals surface area contributed by atoms with Gasteiger partial charge in [-0.15, -0.1) is 0 Å². The first-order chi connectivity index (χ1) is 15.2. The minimum absolute atomic E-state index is 0.266. The van der Waals surface area contributed by atoms with Crippen LogP contribution < -0.4 is 4.90 Å². The van der Waals surface area contributed by atoms with E-state index in [-0.39, 0.29) is 5.76 Å². The van der Waals surface area contributed by atoms with Gasteiger partial charge in [-0.25, -0.2) is 9.97 Å². The zero-order valence-corrected chi connectivity index (χ0v) is 18.8. The molecule has 0 N–H and O–H groups in total. The van der Waals surface area contributed by atoms with Crippen LogP contribution in [-0.2, 0) is 0 Å². The SMILES string of the molecule is N#Cc1ccc(-c2cccc(Sc3cnc(N4CCC5(CCCC5)CC4)cn3)c2Cl)o1. The predicted molar refractivity (Wildman–Crippen MR) is 122 cm³/mol. The van der Waals surface area contributed by atoms with E-state index < -0.39 is 0 Å². The van der Waals surface area contributed by atoms with Crippen LogP contribution in [0.1, 0.15) is 44.3 Å². The summed E-state index contributed by atoms with van der Waals surface area (Å²) < 4.78 is 5.53. The van der Waals surface area contributed by atoms with E-state index in [4.69, 9.17) is 21.3 Å². The highest BCUT2D eigenvalue weighted by Gasteiger charge is 2.37. The van der Waals surface area contributed by atoms with E-state index >= 15 is 0 Å². The molecule has 0 radical (unpaired) electrons. The fourth-order valence-electron chi connectivity index (χ4n) is 4.80. The van der Waals surface area contributed by atoms with Crippen molar-refractivity contribution in [3.8, 4) is 17.4 Å². The second kappa shape index (κ2) is 8.57. The van der Waals surface area contributed by atoms with Crippen LogP contribution >= 0.6 is 23.4 Å². The van der Waals surface area contributed by atoms with Gasteiger partial charge in [0.1, 0.15) is 22.7 Å². The molecule has 31 heavy (non-hydrogen) atoms. The molecular weight excluding hydrogens is 428 g/mol. The molecule has 158 valence electrons. The monoisotopic (exact) mass is 450 g/mol. The third-order valence-electron chi connectivity index (χ3n) is 6.59. The Kier molecular flexibility index (Phi) is 5.64. The van der Waals surface area contributed by atoms with Crippen molar-refractivity contribution in [1.29, 1.82) is 5.26 Å². The van der Waals surface area contributed by atoms with Crippen molar-refractivity contribution in [3.63, 3.8) is 0 Å². The topological polar surface area (TPSA) is 66.0 Å². The zero-order valence-electron chi connectivity index (χ0n) is 17.2. The maximum absolute atomic E-state index is 8.99. The molecule has 1 aliphatic carbocycles. The number of nitrogens with zero attached hydrogens (tertiary/aromatic N) is 4. The Labute approximate surface area is 191 Å². The van der Waals surface area contributed by atoms with Gasteiger partial charge >= 0.3 is 0 Å². The molecule has 3 heterocycles. The van der Waals surface area contributed by atoms with Gasteiger partial charge in [-0.1, -0.05) is 42.3 Å².